The molecule has 1 aromatic heterocycles. The minimum atomic E-state index is -4.78. The van der Waals surface area contributed by atoms with Gasteiger partial charge in [0, 0.05) is 5.33 Å². The van der Waals surface area contributed by atoms with Gasteiger partial charge in [-0.3, -0.25) is 0 Å². The first-order valence-electron chi connectivity index (χ1n) is 4.23. The molecule has 0 atom stereocenters. The average molecular weight is 300 g/mol. The van der Waals surface area contributed by atoms with Crippen LogP contribution in [-0.2, 0) is 5.33 Å². The van der Waals surface area contributed by atoms with Crippen molar-refractivity contribution in [3.8, 4) is 11.6 Å². The highest BCUT2D eigenvalue weighted by molar-refractivity contribution is 9.08. The lowest BCUT2D eigenvalue weighted by Gasteiger charge is -2.13. The molecule has 0 aliphatic carbocycles. The van der Waals surface area contributed by atoms with E-state index in [1.54, 1.807) is 6.92 Å². The topological polar surface area (TPSA) is 31.4 Å². The Bertz CT molecular complexity index is 382. The third-order valence-electron chi connectivity index (χ3n) is 1.81. The van der Waals surface area contributed by atoms with Crippen LogP contribution in [0.3, 0.4) is 0 Å². The van der Waals surface area contributed by atoms with Gasteiger partial charge >= 0.3 is 6.36 Å². The number of rotatable bonds is 3. The molecular weight excluding hydrogens is 291 g/mol. The van der Waals surface area contributed by atoms with Crippen molar-refractivity contribution in [2.24, 2.45) is 0 Å². The van der Waals surface area contributed by atoms with Crippen molar-refractivity contribution >= 4 is 15.9 Å². The van der Waals surface area contributed by atoms with Crippen LogP contribution in [0.5, 0.6) is 11.6 Å². The molecule has 3 nitrogen and oxygen atoms in total. The molecule has 1 heterocycles. The number of hydrogen-bond acceptors (Lipinski definition) is 3. The number of alkyl halides is 4. The van der Waals surface area contributed by atoms with Crippen LogP contribution in [0.15, 0.2) is 6.07 Å². The number of methoxy groups -OCH3 is 1. The molecule has 0 radical (unpaired) electrons. The Morgan fingerprint density at radius 1 is 1.44 bits per heavy atom. The fraction of sp³-hybridized carbons (Fsp3) is 0.444. The first kappa shape index (κ1) is 13.1. The summed E-state index contributed by atoms with van der Waals surface area (Å²) in [5.74, 6) is -0.616. The smallest absolute Gasteiger partial charge is 0.491 e. The van der Waals surface area contributed by atoms with E-state index < -0.39 is 12.2 Å². The molecule has 0 bridgehead atoms. The first-order valence-corrected chi connectivity index (χ1v) is 5.35. The summed E-state index contributed by atoms with van der Waals surface area (Å²) in [6, 6.07) is 1.45. The molecule has 16 heavy (non-hydrogen) atoms. The highest BCUT2D eigenvalue weighted by Gasteiger charge is 2.33. The predicted octanol–water partition coefficient (Wildman–Crippen LogP) is 3.19. The van der Waals surface area contributed by atoms with Crippen LogP contribution < -0.4 is 9.47 Å². The molecule has 1 rings (SSSR count). The van der Waals surface area contributed by atoms with Gasteiger partial charge in [0.15, 0.2) is 5.75 Å². The first-order chi connectivity index (χ1) is 7.37. The van der Waals surface area contributed by atoms with Crippen LogP contribution in [0.25, 0.3) is 0 Å². The highest BCUT2D eigenvalue weighted by Crippen LogP contribution is 2.32. The summed E-state index contributed by atoms with van der Waals surface area (Å²) in [6.07, 6.45) is -4.78. The zero-order valence-electron chi connectivity index (χ0n) is 8.56. The Morgan fingerprint density at radius 2 is 2.06 bits per heavy atom. The van der Waals surface area contributed by atoms with Crippen LogP contribution in [0, 0.1) is 6.92 Å². The Labute approximate surface area is 98.7 Å². The number of nitrogens with zero attached hydrogens (tertiary/aromatic N) is 1. The SMILES string of the molecule is COc1cc(C)c(CBr)nc1OC(F)(F)F. The zero-order valence-corrected chi connectivity index (χ0v) is 10.1. The van der Waals surface area contributed by atoms with Gasteiger partial charge < -0.3 is 9.47 Å². The van der Waals surface area contributed by atoms with E-state index in [-0.39, 0.29) is 5.75 Å². The monoisotopic (exact) mass is 299 g/mol. The fourth-order valence-corrected chi connectivity index (χ4v) is 1.64. The molecule has 0 spiro atoms. The maximum absolute atomic E-state index is 12.1. The summed E-state index contributed by atoms with van der Waals surface area (Å²) in [6.45, 7) is 1.73. The summed E-state index contributed by atoms with van der Waals surface area (Å²) in [7, 11) is 1.26. The van der Waals surface area contributed by atoms with Gasteiger partial charge in [0.25, 0.3) is 5.88 Å². The summed E-state index contributed by atoms with van der Waals surface area (Å²) >= 11 is 3.13. The van der Waals surface area contributed by atoms with Gasteiger partial charge in [0.1, 0.15) is 0 Å². The van der Waals surface area contributed by atoms with Crippen molar-refractivity contribution in [2.45, 2.75) is 18.6 Å². The van der Waals surface area contributed by atoms with Crippen molar-refractivity contribution in [1.82, 2.24) is 4.98 Å². The Kier molecular flexibility index (Phi) is 4.01. The lowest BCUT2D eigenvalue weighted by Crippen LogP contribution is -2.19. The number of aryl methyl sites for hydroxylation is 1. The molecule has 0 saturated carbocycles. The van der Waals surface area contributed by atoms with E-state index in [0.29, 0.717) is 11.0 Å². The normalized spacial score (nSPS) is 11.4. The van der Waals surface area contributed by atoms with E-state index in [2.05, 4.69) is 25.7 Å². The minimum absolute atomic E-state index is 0.0421. The number of ether oxygens (including phenoxy) is 2. The van der Waals surface area contributed by atoms with E-state index in [0.717, 1.165) is 5.56 Å². The third-order valence-corrected chi connectivity index (χ3v) is 2.34. The van der Waals surface area contributed by atoms with Crippen molar-refractivity contribution in [1.29, 1.82) is 0 Å². The van der Waals surface area contributed by atoms with Crippen molar-refractivity contribution in [3.05, 3.63) is 17.3 Å². The third kappa shape index (κ3) is 3.26. The molecule has 7 heteroatoms. The van der Waals surface area contributed by atoms with Crippen molar-refractivity contribution < 1.29 is 22.6 Å². The zero-order chi connectivity index (χ0) is 12.3. The minimum Gasteiger partial charge on any atom is -0.491 e. The predicted molar refractivity (Wildman–Crippen MR) is 54.8 cm³/mol. The van der Waals surface area contributed by atoms with Crippen LogP contribution >= 0.6 is 15.9 Å². The van der Waals surface area contributed by atoms with Gasteiger partial charge in [-0.25, -0.2) is 4.98 Å². The molecule has 0 amide bonds. The quantitative estimate of drug-likeness (QED) is 0.803. The van der Waals surface area contributed by atoms with Crippen LogP contribution in [-0.4, -0.2) is 18.5 Å². The second kappa shape index (κ2) is 4.90. The summed E-state index contributed by atoms with van der Waals surface area (Å²) in [5, 5.41) is 0.344. The molecule has 0 saturated heterocycles. The Balaban J connectivity index is 3.15. The Morgan fingerprint density at radius 3 is 2.50 bits per heavy atom. The molecule has 0 N–H and O–H groups in total. The summed E-state index contributed by atoms with van der Waals surface area (Å²) in [5.41, 5.74) is 1.20. The molecule has 0 unspecified atom stereocenters. The van der Waals surface area contributed by atoms with Gasteiger partial charge in [-0.1, -0.05) is 15.9 Å². The van der Waals surface area contributed by atoms with Crippen LogP contribution in [0.4, 0.5) is 13.2 Å². The van der Waals surface area contributed by atoms with E-state index in [1.807, 2.05) is 0 Å². The molecule has 0 aliphatic heterocycles. The second-order valence-electron chi connectivity index (χ2n) is 2.94. The van der Waals surface area contributed by atoms with E-state index in [9.17, 15) is 13.2 Å². The van der Waals surface area contributed by atoms with Gasteiger partial charge in [-0.2, -0.15) is 0 Å². The lowest BCUT2D eigenvalue weighted by molar-refractivity contribution is -0.276. The standard InChI is InChI=1S/C9H9BrF3NO2/c1-5-3-7(15-2)8(14-6(5)4-10)16-9(11,12)13/h3H,4H2,1-2H3. The average Bonchev–Trinajstić information content (AvgIpc) is 2.18. The lowest BCUT2D eigenvalue weighted by atomic mass is 10.2. The molecule has 90 valence electrons. The molecule has 0 aromatic carbocycles. The summed E-state index contributed by atoms with van der Waals surface area (Å²) < 4.78 is 44.7. The number of hydrogen-bond donors (Lipinski definition) is 0. The number of aromatic nitrogens is 1. The highest BCUT2D eigenvalue weighted by atomic mass is 79.9. The second-order valence-corrected chi connectivity index (χ2v) is 3.50. The van der Waals surface area contributed by atoms with Crippen molar-refractivity contribution in [3.63, 3.8) is 0 Å². The molecular formula is C9H9BrF3NO2. The number of halogens is 4. The van der Waals surface area contributed by atoms with Crippen molar-refractivity contribution in [2.75, 3.05) is 7.11 Å². The Hall–Kier alpha value is -0.980. The summed E-state index contributed by atoms with van der Waals surface area (Å²) in [4.78, 5) is 3.73. The van der Waals surface area contributed by atoms with E-state index >= 15 is 0 Å². The van der Waals surface area contributed by atoms with E-state index in [4.69, 9.17) is 4.74 Å². The molecule has 0 fully saturated rings. The van der Waals surface area contributed by atoms with Gasteiger partial charge in [-0.05, 0) is 18.6 Å². The molecule has 1 aromatic rings. The van der Waals surface area contributed by atoms with Gasteiger partial charge in [0.2, 0.25) is 0 Å². The van der Waals surface area contributed by atoms with Crippen LogP contribution in [0.1, 0.15) is 11.3 Å². The fourth-order valence-electron chi connectivity index (χ4n) is 1.07. The van der Waals surface area contributed by atoms with Crippen LogP contribution in [0.2, 0.25) is 0 Å². The van der Waals surface area contributed by atoms with Gasteiger partial charge in [-0.15, -0.1) is 13.2 Å². The van der Waals surface area contributed by atoms with Gasteiger partial charge in [0.05, 0.1) is 12.8 Å². The maximum atomic E-state index is 12.1. The van der Waals surface area contributed by atoms with E-state index in [1.165, 1.54) is 13.2 Å². The maximum Gasteiger partial charge on any atom is 0.574 e. The number of pyridine rings is 1. The molecule has 0 aliphatic rings. The largest absolute Gasteiger partial charge is 0.574 e.